The molecule has 0 unspecified atom stereocenters. The van der Waals surface area contributed by atoms with Gasteiger partial charge in [-0.1, -0.05) is 25.5 Å². The molecule has 0 radical (unpaired) electrons. The van der Waals surface area contributed by atoms with Crippen LogP contribution in [0.3, 0.4) is 0 Å². The third kappa shape index (κ3) is 4.41. The second-order valence-corrected chi connectivity index (χ2v) is 8.43. The standard InChI is InChI=1S/C21H31FN6/c1-2-20(27-14-12-26(13-15-27)19-6-4-3-5-7-19)21-23-24-25-28(21)16-17-8-10-18(22)11-9-17/h8-11,19-20H,2-7,12-16H2,1H3/p+2/t20-/m1/s1. The lowest BCUT2D eigenvalue weighted by molar-refractivity contribution is -1.04. The Morgan fingerprint density at radius 2 is 1.79 bits per heavy atom. The number of nitrogens with one attached hydrogen (secondary N) is 2. The van der Waals surface area contributed by atoms with Gasteiger partial charge in [0.2, 0.25) is 5.82 Å². The van der Waals surface area contributed by atoms with Gasteiger partial charge in [-0.25, -0.2) is 9.07 Å². The van der Waals surface area contributed by atoms with Gasteiger partial charge in [0.15, 0.2) is 0 Å². The van der Waals surface area contributed by atoms with E-state index in [9.17, 15) is 4.39 Å². The van der Waals surface area contributed by atoms with Crippen LogP contribution in [0, 0.1) is 5.82 Å². The lowest BCUT2D eigenvalue weighted by atomic mass is 9.93. The second-order valence-electron chi connectivity index (χ2n) is 8.43. The molecule has 1 atom stereocenters. The highest BCUT2D eigenvalue weighted by atomic mass is 19.1. The zero-order valence-corrected chi connectivity index (χ0v) is 16.9. The average molecular weight is 389 g/mol. The number of halogens is 1. The number of benzene rings is 1. The Hall–Kier alpha value is -1.86. The van der Waals surface area contributed by atoms with E-state index >= 15 is 0 Å². The normalized spacial score (nSPS) is 24.9. The van der Waals surface area contributed by atoms with Crippen LogP contribution in [0.4, 0.5) is 4.39 Å². The molecule has 2 aromatic rings. The fourth-order valence-electron chi connectivity index (χ4n) is 5.15. The van der Waals surface area contributed by atoms with E-state index in [4.69, 9.17) is 0 Å². The Morgan fingerprint density at radius 3 is 2.46 bits per heavy atom. The number of hydrogen-bond donors (Lipinski definition) is 2. The highest BCUT2D eigenvalue weighted by Gasteiger charge is 2.35. The Kier molecular flexibility index (Phi) is 6.32. The van der Waals surface area contributed by atoms with Crippen molar-refractivity contribution in [2.75, 3.05) is 26.2 Å². The van der Waals surface area contributed by atoms with E-state index in [1.807, 2.05) is 9.58 Å². The van der Waals surface area contributed by atoms with E-state index in [0.717, 1.165) is 23.9 Å². The maximum absolute atomic E-state index is 13.2. The molecule has 152 valence electrons. The number of piperazine rings is 1. The zero-order valence-electron chi connectivity index (χ0n) is 16.9. The third-order valence-corrected chi connectivity index (χ3v) is 6.73. The minimum absolute atomic E-state index is 0.213. The fraction of sp³-hybridized carbons (Fsp3) is 0.667. The molecule has 1 aromatic heterocycles. The lowest BCUT2D eigenvalue weighted by Crippen LogP contribution is -3.29. The van der Waals surface area contributed by atoms with Gasteiger partial charge < -0.3 is 9.80 Å². The molecule has 7 heteroatoms. The number of aromatic nitrogens is 4. The number of rotatable bonds is 6. The minimum atomic E-state index is -0.213. The van der Waals surface area contributed by atoms with Crippen molar-refractivity contribution >= 4 is 0 Å². The van der Waals surface area contributed by atoms with Crippen LogP contribution >= 0.6 is 0 Å². The van der Waals surface area contributed by atoms with Crippen molar-refractivity contribution in [2.24, 2.45) is 0 Å². The summed E-state index contributed by atoms with van der Waals surface area (Å²) in [6.45, 7) is 7.72. The van der Waals surface area contributed by atoms with Gasteiger partial charge in [-0.2, -0.15) is 0 Å². The molecule has 2 fully saturated rings. The Balaban J connectivity index is 1.40. The van der Waals surface area contributed by atoms with Gasteiger partial charge in [-0.15, -0.1) is 5.10 Å². The second kappa shape index (κ2) is 9.09. The lowest BCUT2D eigenvalue weighted by Gasteiger charge is -2.38. The van der Waals surface area contributed by atoms with Gasteiger partial charge in [0, 0.05) is 6.42 Å². The SMILES string of the molecule is CC[C@H](c1nnnn1Cc1ccc(F)cc1)[NH+]1CC[NH+](C2CCCCC2)CC1. The van der Waals surface area contributed by atoms with Crippen LogP contribution in [0.2, 0.25) is 0 Å². The number of nitrogens with zero attached hydrogens (tertiary/aromatic N) is 4. The van der Waals surface area contributed by atoms with Crippen molar-refractivity contribution < 1.29 is 14.2 Å². The highest BCUT2D eigenvalue weighted by molar-refractivity contribution is 5.16. The first-order valence-corrected chi connectivity index (χ1v) is 10.9. The van der Waals surface area contributed by atoms with Gasteiger partial charge in [-0.3, -0.25) is 0 Å². The molecular weight excluding hydrogens is 355 g/mol. The molecule has 1 saturated carbocycles. The molecule has 1 aliphatic heterocycles. The molecule has 4 rings (SSSR count). The van der Waals surface area contributed by atoms with Crippen LogP contribution in [0.15, 0.2) is 24.3 Å². The zero-order chi connectivity index (χ0) is 19.3. The molecule has 2 N–H and O–H groups in total. The first-order valence-electron chi connectivity index (χ1n) is 10.9. The molecule has 6 nitrogen and oxygen atoms in total. The average Bonchev–Trinajstić information content (AvgIpc) is 3.19. The molecule has 1 saturated heterocycles. The van der Waals surface area contributed by atoms with Crippen LogP contribution in [-0.4, -0.2) is 52.4 Å². The van der Waals surface area contributed by atoms with Crippen LogP contribution in [0.25, 0.3) is 0 Å². The van der Waals surface area contributed by atoms with E-state index in [0.29, 0.717) is 12.6 Å². The Bertz CT molecular complexity index is 732. The van der Waals surface area contributed by atoms with Crippen molar-refractivity contribution in [1.29, 1.82) is 0 Å². The van der Waals surface area contributed by atoms with Gasteiger partial charge in [0.05, 0.1) is 12.6 Å². The molecular formula is C21H33FN6+2. The highest BCUT2D eigenvalue weighted by Crippen LogP contribution is 2.16. The monoisotopic (exact) mass is 388 g/mol. The molecule has 1 aliphatic carbocycles. The van der Waals surface area contributed by atoms with Crippen molar-refractivity contribution in [2.45, 2.75) is 64.1 Å². The maximum atomic E-state index is 13.2. The van der Waals surface area contributed by atoms with E-state index in [2.05, 4.69) is 22.4 Å². The minimum Gasteiger partial charge on any atom is -0.323 e. The summed E-state index contributed by atoms with van der Waals surface area (Å²) in [6, 6.07) is 7.81. The number of tetrazole rings is 1. The smallest absolute Gasteiger partial charge is 0.209 e. The van der Waals surface area contributed by atoms with E-state index < -0.39 is 0 Å². The topological polar surface area (TPSA) is 52.5 Å². The molecule has 1 aromatic carbocycles. The van der Waals surface area contributed by atoms with Gasteiger partial charge >= 0.3 is 0 Å². The molecule has 0 bridgehead atoms. The molecule has 0 amide bonds. The van der Waals surface area contributed by atoms with Crippen LogP contribution in [-0.2, 0) is 6.54 Å². The van der Waals surface area contributed by atoms with Crippen LogP contribution in [0.1, 0.15) is 62.9 Å². The van der Waals surface area contributed by atoms with Crippen molar-refractivity contribution in [3.8, 4) is 0 Å². The predicted octanol–water partition coefficient (Wildman–Crippen LogP) is 0.428. The van der Waals surface area contributed by atoms with Crippen molar-refractivity contribution in [3.63, 3.8) is 0 Å². The predicted molar refractivity (Wildman–Crippen MR) is 105 cm³/mol. The summed E-state index contributed by atoms with van der Waals surface area (Å²) in [7, 11) is 0. The fourth-order valence-corrected chi connectivity index (χ4v) is 5.15. The first kappa shape index (κ1) is 19.5. The Morgan fingerprint density at radius 1 is 1.07 bits per heavy atom. The van der Waals surface area contributed by atoms with Gasteiger partial charge in [0.1, 0.15) is 38.0 Å². The Labute approximate surface area is 166 Å². The van der Waals surface area contributed by atoms with E-state index in [1.165, 1.54) is 70.4 Å². The van der Waals surface area contributed by atoms with Crippen molar-refractivity contribution in [1.82, 2.24) is 20.2 Å². The summed E-state index contributed by atoms with van der Waals surface area (Å²) < 4.78 is 15.1. The molecule has 2 aliphatic rings. The first-order chi connectivity index (χ1) is 13.7. The summed E-state index contributed by atoms with van der Waals surface area (Å²) in [4.78, 5) is 3.43. The number of quaternary nitrogens is 2. The molecule has 28 heavy (non-hydrogen) atoms. The summed E-state index contributed by atoms with van der Waals surface area (Å²) in [6.07, 6.45) is 8.12. The summed E-state index contributed by atoms with van der Waals surface area (Å²) in [5, 5.41) is 12.6. The van der Waals surface area contributed by atoms with E-state index in [1.54, 1.807) is 17.0 Å². The summed E-state index contributed by atoms with van der Waals surface area (Å²) >= 11 is 0. The number of hydrogen-bond acceptors (Lipinski definition) is 3. The third-order valence-electron chi connectivity index (χ3n) is 6.73. The van der Waals surface area contributed by atoms with Crippen molar-refractivity contribution in [3.05, 3.63) is 41.5 Å². The largest absolute Gasteiger partial charge is 0.323 e. The summed E-state index contributed by atoms with van der Waals surface area (Å²) in [5.74, 6) is 0.748. The van der Waals surface area contributed by atoms with Gasteiger partial charge in [-0.05, 0) is 53.8 Å². The van der Waals surface area contributed by atoms with Crippen LogP contribution < -0.4 is 9.80 Å². The van der Waals surface area contributed by atoms with E-state index in [-0.39, 0.29) is 5.82 Å². The molecule has 0 spiro atoms. The van der Waals surface area contributed by atoms with Gasteiger partial charge in [0.25, 0.3) is 0 Å². The molecule has 2 heterocycles. The maximum Gasteiger partial charge on any atom is 0.209 e. The van der Waals surface area contributed by atoms with Crippen LogP contribution in [0.5, 0.6) is 0 Å². The summed E-state index contributed by atoms with van der Waals surface area (Å²) in [5.41, 5.74) is 1.02. The quantitative estimate of drug-likeness (QED) is 0.755.